The van der Waals surface area contributed by atoms with Crippen molar-refractivity contribution in [1.82, 2.24) is 4.90 Å². The molecule has 0 saturated carbocycles. The van der Waals surface area contributed by atoms with Gasteiger partial charge in [-0.3, -0.25) is 0 Å². The van der Waals surface area contributed by atoms with Crippen LogP contribution in [0, 0.1) is 0 Å². The number of nitrogens with two attached hydrogens (primary N) is 1. The summed E-state index contributed by atoms with van der Waals surface area (Å²) in [5, 5.41) is 0. The largest absolute Gasteiger partial charge is 0.401 e. The number of allylic oxidation sites excluding steroid dienone is 6. The zero-order valence-corrected chi connectivity index (χ0v) is 23.4. The van der Waals surface area contributed by atoms with Gasteiger partial charge in [0.2, 0.25) is 0 Å². The van der Waals surface area contributed by atoms with Crippen LogP contribution in [0.25, 0.3) is 16.7 Å². The molecule has 1 aliphatic carbocycles. The maximum Gasteiger partial charge on any atom is 0.0742 e. The van der Waals surface area contributed by atoms with Gasteiger partial charge in [-0.1, -0.05) is 91.1 Å². The van der Waals surface area contributed by atoms with E-state index >= 15 is 0 Å². The molecule has 1 atom stereocenters. The molecule has 5 rings (SSSR count). The quantitative estimate of drug-likeness (QED) is 0.447. The molecule has 0 saturated heterocycles. The van der Waals surface area contributed by atoms with E-state index in [1.54, 1.807) is 0 Å². The van der Waals surface area contributed by atoms with E-state index in [0.717, 1.165) is 23.5 Å². The summed E-state index contributed by atoms with van der Waals surface area (Å²) in [4.78, 5) is 4.68. The van der Waals surface area contributed by atoms with Crippen molar-refractivity contribution >= 4 is 11.3 Å². The van der Waals surface area contributed by atoms with Crippen molar-refractivity contribution in [1.29, 1.82) is 0 Å². The minimum absolute atomic E-state index is 0.0928. The number of nitrogens with zero attached hydrogens (tertiary/aromatic N) is 2. The Morgan fingerprint density at radius 1 is 1.08 bits per heavy atom. The molecule has 3 nitrogen and oxygen atoms in total. The van der Waals surface area contributed by atoms with Crippen LogP contribution in [0.5, 0.6) is 0 Å². The Morgan fingerprint density at radius 3 is 2.39 bits per heavy atom. The molecule has 2 aromatic rings. The first-order chi connectivity index (χ1) is 17.3. The maximum absolute atomic E-state index is 6.27. The highest BCUT2D eigenvalue weighted by Crippen LogP contribution is 2.57. The zero-order valence-electron chi connectivity index (χ0n) is 23.4. The lowest BCUT2D eigenvalue weighted by Crippen LogP contribution is -2.30. The fraction of sp³-hybridized carbons (Fsp3) is 0.333. The topological polar surface area (TPSA) is 32.5 Å². The third-order valence-electron chi connectivity index (χ3n) is 7.31. The van der Waals surface area contributed by atoms with Crippen LogP contribution in [0.4, 0.5) is 5.69 Å². The Kier molecular flexibility index (Phi) is 8.03. The molecule has 2 aliphatic heterocycles. The molecule has 36 heavy (non-hydrogen) atoms. The summed E-state index contributed by atoms with van der Waals surface area (Å²) in [6, 6.07) is 11.3. The number of anilines is 1. The average Bonchev–Trinajstić information content (AvgIpc) is 3.36. The van der Waals surface area contributed by atoms with E-state index in [0.29, 0.717) is 0 Å². The van der Waals surface area contributed by atoms with E-state index in [4.69, 9.17) is 5.73 Å². The first-order valence-electron chi connectivity index (χ1n) is 13.2. The van der Waals surface area contributed by atoms with E-state index in [-0.39, 0.29) is 11.5 Å². The van der Waals surface area contributed by atoms with Crippen molar-refractivity contribution in [2.24, 2.45) is 5.73 Å². The molecule has 3 aliphatic rings. The predicted octanol–water partition coefficient (Wildman–Crippen LogP) is 8.31. The third-order valence-corrected chi connectivity index (χ3v) is 7.31. The monoisotopic (exact) mass is 481 g/mol. The number of hydrogen-bond donors (Lipinski definition) is 1. The van der Waals surface area contributed by atoms with Crippen molar-refractivity contribution in [3.05, 3.63) is 108 Å². The summed E-state index contributed by atoms with van der Waals surface area (Å²) in [5.74, 6) is 0. The molecular formula is C33H43N3. The summed E-state index contributed by atoms with van der Waals surface area (Å²) in [5.41, 5.74) is 18.3. The molecule has 0 radical (unpaired) electrons. The molecular weight excluding hydrogens is 438 g/mol. The average molecular weight is 482 g/mol. The number of likely N-dealkylation sites (N-methyl/N-ethyl adjacent to an activating group) is 1. The van der Waals surface area contributed by atoms with Crippen molar-refractivity contribution in [3.8, 4) is 11.1 Å². The number of benzene rings is 2. The van der Waals surface area contributed by atoms with Crippen molar-refractivity contribution in [2.75, 3.05) is 18.5 Å². The second-order valence-corrected chi connectivity index (χ2v) is 9.56. The highest BCUT2D eigenvalue weighted by Gasteiger charge is 2.45. The van der Waals surface area contributed by atoms with Crippen LogP contribution in [0.15, 0.2) is 85.4 Å². The van der Waals surface area contributed by atoms with Gasteiger partial charge in [-0.2, -0.15) is 0 Å². The van der Waals surface area contributed by atoms with Crippen molar-refractivity contribution in [2.45, 2.75) is 59.9 Å². The lowest BCUT2D eigenvalue weighted by atomic mass is 9.77. The number of fused-ring (bicyclic) bond motifs is 4. The van der Waals surface area contributed by atoms with Gasteiger partial charge in [0.25, 0.3) is 0 Å². The molecule has 3 heteroatoms. The molecule has 0 bridgehead atoms. The normalized spacial score (nSPS) is 20.1. The van der Waals surface area contributed by atoms with E-state index in [1.165, 1.54) is 39.1 Å². The Bertz CT molecular complexity index is 1250. The second kappa shape index (κ2) is 10.7. The maximum atomic E-state index is 6.27. The van der Waals surface area contributed by atoms with Crippen molar-refractivity contribution < 1.29 is 0 Å². The van der Waals surface area contributed by atoms with Crippen molar-refractivity contribution in [3.63, 3.8) is 0 Å². The smallest absolute Gasteiger partial charge is 0.0742 e. The summed E-state index contributed by atoms with van der Waals surface area (Å²) in [6.07, 6.45) is 10.3. The van der Waals surface area contributed by atoms with Crippen LogP contribution in [-0.2, 0) is 5.41 Å². The molecule has 0 aromatic heterocycles. The van der Waals surface area contributed by atoms with Crippen LogP contribution in [0.2, 0.25) is 0 Å². The molecule has 0 spiro atoms. The minimum atomic E-state index is -0.0928. The van der Waals surface area contributed by atoms with E-state index in [1.807, 2.05) is 40.7 Å². The van der Waals surface area contributed by atoms with Gasteiger partial charge < -0.3 is 15.5 Å². The Labute approximate surface area is 219 Å². The summed E-state index contributed by atoms with van der Waals surface area (Å²) in [7, 11) is 2.13. The fourth-order valence-electron chi connectivity index (χ4n) is 5.84. The predicted molar refractivity (Wildman–Crippen MR) is 159 cm³/mol. The summed E-state index contributed by atoms with van der Waals surface area (Å²) >= 11 is 0. The van der Waals surface area contributed by atoms with Gasteiger partial charge in [0.05, 0.1) is 17.4 Å². The SMILES string of the molecule is C=C/C(=C(\C)N)N(C)C1CN2/C=C\C=C/C(=C)c3cc4c(c1c32)C(C)(C)c1ccccc1-4.CC.CC. The lowest BCUT2D eigenvalue weighted by Gasteiger charge is -2.32. The fourth-order valence-corrected chi connectivity index (χ4v) is 5.84. The second-order valence-electron chi connectivity index (χ2n) is 9.56. The number of rotatable bonds is 3. The summed E-state index contributed by atoms with van der Waals surface area (Å²) in [6.45, 7) is 24.0. The lowest BCUT2D eigenvalue weighted by molar-refractivity contribution is 0.329. The van der Waals surface area contributed by atoms with Gasteiger partial charge in [-0.15, -0.1) is 0 Å². The summed E-state index contributed by atoms with van der Waals surface area (Å²) < 4.78 is 0. The standard InChI is InChI=1S/C29H31N3.2C2H6/c1-7-24(19(3)30)31(6)25-17-32-15-11-10-12-18(2)21-16-22-20-13-8-9-14-23(20)29(4,5)27(22)26(25)28(21)32;2*1-2/h7-16,25H,1-2,17,30H2,3-6H3;2*1-2H3/b12-10-,15-11-,24-19-;;. The van der Waals surface area contributed by atoms with Gasteiger partial charge in [0.1, 0.15) is 0 Å². The van der Waals surface area contributed by atoms with Crippen LogP contribution in [0.1, 0.15) is 76.8 Å². The molecule has 0 amide bonds. The first-order valence-corrected chi connectivity index (χ1v) is 13.2. The third kappa shape index (κ3) is 4.11. The number of hydrogen-bond acceptors (Lipinski definition) is 3. The minimum Gasteiger partial charge on any atom is -0.401 e. The van der Waals surface area contributed by atoms with Gasteiger partial charge in [-0.25, -0.2) is 0 Å². The van der Waals surface area contributed by atoms with Crippen LogP contribution in [0.3, 0.4) is 0 Å². The van der Waals surface area contributed by atoms with E-state index in [9.17, 15) is 0 Å². The van der Waals surface area contributed by atoms with Gasteiger partial charge >= 0.3 is 0 Å². The van der Waals surface area contributed by atoms with E-state index < -0.39 is 0 Å². The Morgan fingerprint density at radius 2 is 1.75 bits per heavy atom. The van der Waals surface area contributed by atoms with Crippen LogP contribution in [-0.4, -0.2) is 18.5 Å². The molecule has 2 heterocycles. The Balaban J connectivity index is 0.000000861. The van der Waals surface area contributed by atoms with Crippen LogP contribution < -0.4 is 10.6 Å². The van der Waals surface area contributed by atoms with Gasteiger partial charge in [0, 0.05) is 42.0 Å². The van der Waals surface area contributed by atoms with Gasteiger partial charge in [-0.05, 0) is 53.0 Å². The van der Waals surface area contributed by atoms with E-state index in [2.05, 4.69) is 98.6 Å². The Hall–Kier alpha value is -3.46. The zero-order chi connectivity index (χ0) is 26.8. The van der Waals surface area contributed by atoms with Gasteiger partial charge in [0.15, 0.2) is 0 Å². The first kappa shape index (κ1) is 27.1. The van der Waals surface area contributed by atoms with Crippen LogP contribution >= 0.6 is 0 Å². The molecule has 2 N–H and O–H groups in total. The molecule has 190 valence electrons. The molecule has 0 fully saturated rings. The molecule has 2 aromatic carbocycles. The molecule has 1 unspecified atom stereocenters. The highest BCUT2D eigenvalue weighted by molar-refractivity contribution is 5.94. The highest BCUT2D eigenvalue weighted by atomic mass is 15.2.